The van der Waals surface area contributed by atoms with E-state index in [0.717, 1.165) is 45.4 Å². The van der Waals surface area contributed by atoms with Crippen molar-refractivity contribution in [1.82, 2.24) is 0 Å². The lowest BCUT2D eigenvalue weighted by atomic mass is 9.99. The molecule has 0 heterocycles. The highest BCUT2D eigenvalue weighted by atomic mass is 127. The Balaban J connectivity index is 4.30. The zero-order chi connectivity index (χ0) is 20.7. The number of halogens is 2. The average molecular weight is 610 g/mol. The molecule has 0 saturated carbocycles. The van der Waals surface area contributed by atoms with Crippen LogP contribution in [-0.2, 0) is 14.2 Å². The normalized spacial score (nSPS) is 18.7. The predicted molar refractivity (Wildman–Crippen MR) is 134 cm³/mol. The van der Waals surface area contributed by atoms with E-state index in [1.54, 1.807) is 0 Å². The molecule has 6 unspecified atom stereocenters. The van der Waals surface area contributed by atoms with Gasteiger partial charge in [-0.2, -0.15) is 0 Å². The maximum absolute atomic E-state index is 6.21. The topological polar surface area (TPSA) is 27.7 Å². The molecule has 0 rings (SSSR count). The van der Waals surface area contributed by atoms with Crippen molar-refractivity contribution in [2.75, 3.05) is 13.2 Å². The van der Waals surface area contributed by atoms with Gasteiger partial charge in [0.1, 0.15) is 0 Å². The van der Waals surface area contributed by atoms with Gasteiger partial charge >= 0.3 is 0 Å². The van der Waals surface area contributed by atoms with Gasteiger partial charge in [0.2, 0.25) is 0 Å². The van der Waals surface area contributed by atoms with Crippen molar-refractivity contribution in [3.05, 3.63) is 0 Å². The van der Waals surface area contributed by atoms with E-state index in [1.807, 2.05) is 13.8 Å². The van der Waals surface area contributed by atoms with Crippen molar-refractivity contribution < 1.29 is 14.2 Å². The first-order valence-corrected chi connectivity index (χ1v) is 13.4. The molecule has 6 atom stereocenters. The molecule has 0 aliphatic rings. The molecule has 0 aromatic rings. The fraction of sp³-hybridized carbons (Fsp3) is 1.00. The van der Waals surface area contributed by atoms with Crippen LogP contribution < -0.4 is 0 Å². The average Bonchev–Trinajstić information content (AvgIpc) is 2.53. The van der Waals surface area contributed by atoms with Gasteiger partial charge in [-0.15, -0.1) is 0 Å². The van der Waals surface area contributed by atoms with E-state index in [1.165, 1.54) is 25.7 Å². The summed E-state index contributed by atoms with van der Waals surface area (Å²) in [6.07, 6.45) is 9.01. The van der Waals surface area contributed by atoms with Gasteiger partial charge in [-0.1, -0.05) is 85.7 Å². The van der Waals surface area contributed by atoms with E-state index in [4.69, 9.17) is 14.2 Å². The monoisotopic (exact) mass is 610 g/mol. The molecule has 3 nitrogen and oxygen atoms in total. The van der Waals surface area contributed by atoms with Gasteiger partial charge in [-0.25, -0.2) is 0 Å². The van der Waals surface area contributed by atoms with Gasteiger partial charge in [0.05, 0.1) is 0 Å². The Bertz CT molecular complexity index is 297. The van der Waals surface area contributed by atoms with Gasteiger partial charge in [-0.05, 0) is 64.2 Å². The quantitative estimate of drug-likeness (QED) is 0.0902. The van der Waals surface area contributed by atoms with E-state index < -0.39 is 0 Å². The predicted octanol–water partition coefficient (Wildman–Crippen LogP) is 7.77. The maximum Gasteiger partial charge on any atom is 0.160 e. The highest BCUT2D eigenvalue weighted by Crippen LogP contribution is 2.22. The van der Waals surface area contributed by atoms with Crippen LogP contribution in [0, 0.1) is 11.8 Å². The Hall–Kier alpha value is 1.34. The van der Waals surface area contributed by atoms with Gasteiger partial charge < -0.3 is 14.2 Å². The van der Waals surface area contributed by atoms with Crippen LogP contribution in [0.4, 0.5) is 0 Å². The van der Waals surface area contributed by atoms with E-state index in [0.29, 0.717) is 13.2 Å². The molecule has 0 bridgehead atoms. The third-order valence-corrected chi connectivity index (χ3v) is 5.75. The summed E-state index contributed by atoms with van der Waals surface area (Å²) in [5.74, 6) is 1.53. The Morgan fingerprint density at radius 3 is 1.30 bits per heavy atom. The van der Waals surface area contributed by atoms with Gasteiger partial charge in [-0.3, -0.25) is 0 Å². The molecule has 0 amide bonds. The molecule has 0 aromatic carbocycles. The minimum absolute atomic E-state index is 0.137. The highest BCUT2D eigenvalue weighted by Gasteiger charge is 2.18. The first kappa shape index (κ1) is 28.3. The molecule has 0 N–H and O–H groups in total. The fourth-order valence-corrected chi connectivity index (χ4v) is 5.27. The second-order valence-electron chi connectivity index (χ2n) is 8.01. The summed E-state index contributed by atoms with van der Waals surface area (Å²) < 4.78 is 19.4. The van der Waals surface area contributed by atoms with Gasteiger partial charge in [0.25, 0.3) is 0 Å². The first-order chi connectivity index (χ1) is 12.8. The molecule has 27 heavy (non-hydrogen) atoms. The van der Waals surface area contributed by atoms with E-state index in [9.17, 15) is 0 Å². The zero-order valence-corrected chi connectivity index (χ0v) is 22.8. The lowest BCUT2D eigenvalue weighted by molar-refractivity contribution is -0.247. The standard InChI is InChI=1S/C22H44I2O3/c1-7-25-21(13-9-11-17(3)15-19(5)23)27-22(26-8-2)14-10-12-18(4)16-20(6)24/h17-22H,7-16H2,1-6H3. The van der Waals surface area contributed by atoms with Crippen molar-refractivity contribution in [3.8, 4) is 0 Å². The Kier molecular flexibility index (Phi) is 19.0. The summed E-state index contributed by atoms with van der Waals surface area (Å²) in [4.78, 5) is 0. The Morgan fingerprint density at radius 1 is 0.630 bits per heavy atom. The number of hydrogen-bond donors (Lipinski definition) is 0. The SMILES string of the molecule is CCOC(CCCC(C)CC(C)I)OC(CCCC(C)CC(C)I)OCC. The molecule has 0 aliphatic carbocycles. The van der Waals surface area contributed by atoms with Crippen molar-refractivity contribution >= 4 is 45.2 Å². The van der Waals surface area contributed by atoms with Crippen LogP contribution >= 0.6 is 45.2 Å². The van der Waals surface area contributed by atoms with Crippen molar-refractivity contribution in [1.29, 1.82) is 0 Å². The summed E-state index contributed by atoms with van der Waals surface area (Å²) in [7, 11) is 0. The molecule has 164 valence electrons. The third-order valence-electron chi connectivity index (χ3n) is 4.74. The number of rotatable bonds is 18. The number of hydrogen-bond acceptors (Lipinski definition) is 3. The molecule has 0 radical (unpaired) electrons. The molecule has 0 saturated heterocycles. The summed E-state index contributed by atoms with van der Waals surface area (Å²) in [5.41, 5.74) is 0. The molecular formula is C22H44I2O3. The van der Waals surface area contributed by atoms with Crippen molar-refractivity contribution in [3.63, 3.8) is 0 Å². The van der Waals surface area contributed by atoms with Crippen LogP contribution in [0.3, 0.4) is 0 Å². The second-order valence-corrected chi connectivity index (χ2v) is 12.3. The van der Waals surface area contributed by atoms with Crippen LogP contribution in [0.2, 0.25) is 0 Å². The molecule has 5 heteroatoms. The summed E-state index contributed by atoms with van der Waals surface area (Å²) in [6, 6.07) is 0. The second kappa shape index (κ2) is 18.1. The maximum atomic E-state index is 6.21. The lowest BCUT2D eigenvalue weighted by Gasteiger charge is -2.25. The Morgan fingerprint density at radius 2 is 1.00 bits per heavy atom. The smallest absolute Gasteiger partial charge is 0.160 e. The van der Waals surface area contributed by atoms with Crippen molar-refractivity contribution in [2.45, 2.75) is 113 Å². The minimum atomic E-state index is -0.137. The van der Waals surface area contributed by atoms with Gasteiger partial charge in [0, 0.05) is 21.1 Å². The van der Waals surface area contributed by atoms with Gasteiger partial charge in [0.15, 0.2) is 12.6 Å². The summed E-state index contributed by atoms with van der Waals surface area (Å²) in [5, 5.41) is 0. The summed E-state index contributed by atoms with van der Waals surface area (Å²) in [6.45, 7) is 14.7. The lowest BCUT2D eigenvalue weighted by Crippen LogP contribution is -2.27. The van der Waals surface area contributed by atoms with Crippen LogP contribution in [0.5, 0.6) is 0 Å². The van der Waals surface area contributed by atoms with Crippen molar-refractivity contribution in [2.24, 2.45) is 11.8 Å². The molecular weight excluding hydrogens is 566 g/mol. The van der Waals surface area contributed by atoms with E-state index in [-0.39, 0.29) is 12.6 Å². The summed E-state index contributed by atoms with van der Waals surface area (Å²) >= 11 is 5.04. The number of alkyl halides is 2. The Labute approximate surface area is 196 Å². The molecule has 0 aliphatic heterocycles. The minimum Gasteiger partial charge on any atom is -0.353 e. The highest BCUT2D eigenvalue weighted by molar-refractivity contribution is 14.1. The van der Waals surface area contributed by atoms with Crippen LogP contribution in [0.15, 0.2) is 0 Å². The van der Waals surface area contributed by atoms with Crippen LogP contribution in [-0.4, -0.2) is 33.6 Å². The number of ether oxygens (including phenoxy) is 3. The van der Waals surface area contributed by atoms with E-state index in [2.05, 4.69) is 72.9 Å². The largest absolute Gasteiger partial charge is 0.353 e. The van der Waals surface area contributed by atoms with Crippen LogP contribution in [0.25, 0.3) is 0 Å². The first-order valence-electron chi connectivity index (χ1n) is 10.9. The molecule has 0 fully saturated rings. The molecule has 0 aromatic heterocycles. The fourth-order valence-electron chi connectivity index (χ4n) is 3.53. The van der Waals surface area contributed by atoms with Crippen LogP contribution in [0.1, 0.15) is 92.9 Å². The van der Waals surface area contributed by atoms with E-state index >= 15 is 0 Å². The molecule has 0 spiro atoms. The third kappa shape index (κ3) is 17.9. The zero-order valence-electron chi connectivity index (χ0n) is 18.5.